The van der Waals surface area contributed by atoms with E-state index in [4.69, 9.17) is 10.2 Å². The summed E-state index contributed by atoms with van der Waals surface area (Å²) in [5.74, 6) is 1.33. The van der Waals surface area contributed by atoms with E-state index in [0.717, 1.165) is 5.92 Å². The Kier molecular flexibility index (Phi) is 2.65. The van der Waals surface area contributed by atoms with Crippen LogP contribution in [-0.2, 0) is 6.42 Å². The fourth-order valence-corrected chi connectivity index (χ4v) is 1.71. The lowest BCUT2D eigenvalue weighted by atomic mass is 9.99. The van der Waals surface area contributed by atoms with E-state index in [2.05, 4.69) is 29.4 Å². The first-order chi connectivity index (χ1) is 7.12. The molecule has 1 aromatic rings. The number of hydrogen-bond acceptors (Lipinski definition) is 5. The third-order valence-corrected chi connectivity index (χ3v) is 2.85. The molecule has 2 rings (SSSR count). The average Bonchev–Trinajstić information content (AvgIpc) is 2.92. The molecular weight excluding hydrogens is 192 g/mol. The van der Waals surface area contributed by atoms with Gasteiger partial charge in [-0.25, -0.2) is 0 Å². The first kappa shape index (κ1) is 10.4. The summed E-state index contributed by atoms with van der Waals surface area (Å²) < 4.78 is 5.42. The van der Waals surface area contributed by atoms with E-state index in [-0.39, 0.29) is 5.54 Å². The van der Waals surface area contributed by atoms with Crippen LogP contribution in [0, 0.1) is 5.92 Å². The van der Waals surface area contributed by atoms with Crippen molar-refractivity contribution in [3.8, 4) is 0 Å². The van der Waals surface area contributed by atoms with Crippen LogP contribution < -0.4 is 11.1 Å². The Balaban J connectivity index is 1.97. The molecule has 1 aliphatic rings. The van der Waals surface area contributed by atoms with Crippen LogP contribution in [0.15, 0.2) is 4.42 Å². The summed E-state index contributed by atoms with van der Waals surface area (Å²) in [6.45, 7) is 4.86. The molecule has 15 heavy (non-hydrogen) atoms. The van der Waals surface area contributed by atoms with E-state index in [9.17, 15) is 0 Å². The zero-order chi connectivity index (χ0) is 10.9. The van der Waals surface area contributed by atoms with Crippen LogP contribution in [0.4, 0.5) is 6.01 Å². The lowest BCUT2D eigenvalue weighted by Crippen LogP contribution is -2.33. The minimum absolute atomic E-state index is 0.0481. The summed E-state index contributed by atoms with van der Waals surface area (Å²) >= 11 is 0. The molecule has 0 atom stereocenters. The van der Waals surface area contributed by atoms with Crippen molar-refractivity contribution < 1.29 is 4.42 Å². The molecule has 0 aromatic carbocycles. The second kappa shape index (κ2) is 3.81. The molecule has 1 heterocycles. The highest BCUT2D eigenvalue weighted by atomic mass is 16.4. The van der Waals surface area contributed by atoms with Gasteiger partial charge < -0.3 is 15.5 Å². The van der Waals surface area contributed by atoms with E-state index in [1.165, 1.54) is 12.8 Å². The van der Waals surface area contributed by atoms with Crippen molar-refractivity contribution in [3.05, 3.63) is 5.89 Å². The van der Waals surface area contributed by atoms with Gasteiger partial charge in [0.25, 0.3) is 0 Å². The van der Waals surface area contributed by atoms with Crippen molar-refractivity contribution in [1.29, 1.82) is 0 Å². The number of aromatic nitrogens is 2. The zero-order valence-electron chi connectivity index (χ0n) is 9.29. The smallest absolute Gasteiger partial charge is 0.315 e. The Bertz CT molecular complexity index is 330. The van der Waals surface area contributed by atoms with E-state index in [1.54, 1.807) is 0 Å². The molecule has 84 valence electrons. The van der Waals surface area contributed by atoms with E-state index >= 15 is 0 Å². The van der Waals surface area contributed by atoms with Crippen LogP contribution in [0.1, 0.15) is 32.6 Å². The fraction of sp³-hybridized carbons (Fsp3) is 0.800. The topological polar surface area (TPSA) is 77.0 Å². The number of nitrogens with one attached hydrogen (secondary N) is 1. The molecule has 1 aliphatic carbocycles. The Hall–Kier alpha value is -1.10. The molecule has 0 aliphatic heterocycles. The summed E-state index contributed by atoms with van der Waals surface area (Å²) in [6, 6.07) is 0.510. The molecule has 0 radical (unpaired) electrons. The third kappa shape index (κ3) is 2.47. The highest BCUT2D eigenvalue weighted by molar-refractivity contribution is 5.25. The Morgan fingerprint density at radius 2 is 2.20 bits per heavy atom. The van der Waals surface area contributed by atoms with E-state index < -0.39 is 0 Å². The first-order valence-electron chi connectivity index (χ1n) is 5.42. The van der Waals surface area contributed by atoms with Gasteiger partial charge in [-0.15, -0.1) is 5.10 Å². The lowest BCUT2D eigenvalue weighted by Gasteiger charge is -2.24. The minimum atomic E-state index is 0.0481. The maximum Gasteiger partial charge on any atom is 0.315 e. The number of nitrogens with two attached hydrogens (primary N) is 1. The summed E-state index contributed by atoms with van der Waals surface area (Å²) in [5.41, 5.74) is 5.46. The van der Waals surface area contributed by atoms with E-state index in [1.807, 2.05) is 0 Å². The van der Waals surface area contributed by atoms with Crippen molar-refractivity contribution in [3.63, 3.8) is 0 Å². The van der Waals surface area contributed by atoms with Crippen molar-refractivity contribution in [2.24, 2.45) is 11.7 Å². The van der Waals surface area contributed by atoms with Gasteiger partial charge >= 0.3 is 6.01 Å². The van der Waals surface area contributed by atoms with Crippen LogP contribution in [-0.4, -0.2) is 22.3 Å². The highest BCUT2D eigenvalue weighted by Crippen LogP contribution is 2.40. The lowest BCUT2D eigenvalue weighted by molar-refractivity contribution is 0.447. The number of hydrogen-bond donors (Lipinski definition) is 2. The van der Waals surface area contributed by atoms with Gasteiger partial charge in [-0.1, -0.05) is 5.10 Å². The van der Waals surface area contributed by atoms with Crippen LogP contribution in [0.5, 0.6) is 0 Å². The normalized spacial score (nSPS) is 16.7. The highest BCUT2D eigenvalue weighted by Gasteiger charge is 2.38. The zero-order valence-corrected chi connectivity index (χ0v) is 9.29. The van der Waals surface area contributed by atoms with Gasteiger partial charge in [-0.05, 0) is 32.6 Å². The maximum absolute atomic E-state index is 5.42. The van der Waals surface area contributed by atoms with Crippen LogP contribution in [0.3, 0.4) is 0 Å². The summed E-state index contributed by atoms with van der Waals surface area (Å²) in [4.78, 5) is 0. The number of anilines is 1. The van der Waals surface area contributed by atoms with Crippen LogP contribution in [0.25, 0.3) is 0 Å². The molecule has 5 nitrogen and oxygen atoms in total. The fourth-order valence-electron chi connectivity index (χ4n) is 1.71. The van der Waals surface area contributed by atoms with Gasteiger partial charge in [-0.3, -0.25) is 0 Å². The number of rotatable bonds is 5. The van der Waals surface area contributed by atoms with Gasteiger partial charge in [0.2, 0.25) is 5.89 Å². The summed E-state index contributed by atoms with van der Waals surface area (Å²) in [7, 11) is 0. The molecule has 0 spiro atoms. The average molecular weight is 210 g/mol. The van der Waals surface area contributed by atoms with Crippen molar-refractivity contribution in [2.75, 3.05) is 11.9 Å². The Morgan fingerprint density at radius 3 is 2.80 bits per heavy atom. The molecule has 1 aromatic heterocycles. The molecule has 0 amide bonds. The standard InChI is InChI=1S/C10H18N4O/c1-10(2,7-3-4-7)12-9-14-13-8(15-9)5-6-11/h7H,3-6,11H2,1-2H3,(H,12,14). The van der Waals surface area contributed by atoms with E-state index in [0.29, 0.717) is 24.9 Å². The Morgan fingerprint density at radius 1 is 1.47 bits per heavy atom. The third-order valence-electron chi connectivity index (χ3n) is 2.85. The molecule has 5 heteroatoms. The SMILES string of the molecule is CC(C)(Nc1nnc(CCN)o1)C1CC1. The predicted molar refractivity (Wildman–Crippen MR) is 57.5 cm³/mol. The van der Waals surface area contributed by atoms with Crippen LogP contribution in [0.2, 0.25) is 0 Å². The predicted octanol–water partition coefficient (Wildman–Crippen LogP) is 1.17. The molecule has 0 saturated heterocycles. The molecule has 0 bridgehead atoms. The second-order valence-corrected chi connectivity index (χ2v) is 4.66. The van der Waals surface area contributed by atoms with Gasteiger partial charge in [-0.2, -0.15) is 0 Å². The quantitative estimate of drug-likeness (QED) is 0.763. The van der Waals surface area contributed by atoms with Gasteiger partial charge in [0.05, 0.1) is 0 Å². The summed E-state index contributed by atoms with van der Waals surface area (Å²) in [5, 5.41) is 11.1. The minimum Gasteiger partial charge on any atom is -0.408 e. The van der Waals surface area contributed by atoms with Crippen molar-refractivity contribution in [1.82, 2.24) is 10.2 Å². The molecular formula is C10H18N4O. The van der Waals surface area contributed by atoms with Gasteiger partial charge in [0.15, 0.2) is 0 Å². The van der Waals surface area contributed by atoms with Gasteiger partial charge in [0, 0.05) is 18.5 Å². The molecule has 1 saturated carbocycles. The van der Waals surface area contributed by atoms with Crippen LogP contribution >= 0.6 is 0 Å². The number of nitrogens with zero attached hydrogens (tertiary/aromatic N) is 2. The molecule has 1 fully saturated rings. The van der Waals surface area contributed by atoms with Crippen molar-refractivity contribution in [2.45, 2.75) is 38.6 Å². The van der Waals surface area contributed by atoms with Gasteiger partial charge in [0.1, 0.15) is 0 Å². The Labute approximate surface area is 89.4 Å². The summed E-state index contributed by atoms with van der Waals surface area (Å²) in [6.07, 6.45) is 3.20. The first-order valence-corrected chi connectivity index (χ1v) is 5.42. The molecule has 3 N–H and O–H groups in total. The monoisotopic (exact) mass is 210 g/mol. The second-order valence-electron chi connectivity index (χ2n) is 4.66. The largest absolute Gasteiger partial charge is 0.408 e. The molecule has 0 unspecified atom stereocenters. The maximum atomic E-state index is 5.42. The van der Waals surface area contributed by atoms with Crippen molar-refractivity contribution >= 4 is 6.01 Å².